The van der Waals surface area contributed by atoms with Crippen LogP contribution in [0.3, 0.4) is 0 Å². The van der Waals surface area contributed by atoms with Gasteiger partial charge in [-0.1, -0.05) is 50.8 Å². The van der Waals surface area contributed by atoms with Crippen molar-refractivity contribution in [1.29, 1.82) is 0 Å². The summed E-state index contributed by atoms with van der Waals surface area (Å²) < 4.78 is 0. The minimum Gasteiger partial charge on any atom is -0.0958 e. The Morgan fingerprint density at radius 1 is 1.50 bits per heavy atom. The van der Waals surface area contributed by atoms with E-state index in [-0.39, 0.29) is 0 Å². The van der Waals surface area contributed by atoms with E-state index in [1.54, 1.807) is 0 Å². The number of hydrogen-bond donors (Lipinski definition) is 0. The highest BCUT2D eigenvalue weighted by atomic mass is 14.2. The fraction of sp³-hybridized carbons (Fsp3) is 0.714. The quantitative estimate of drug-likeness (QED) is 0.545. The summed E-state index contributed by atoms with van der Waals surface area (Å²) in [5.41, 5.74) is 2.79. The van der Waals surface area contributed by atoms with Crippen LogP contribution in [0.4, 0.5) is 0 Å². The van der Waals surface area contributed by atoms with E-state index in [0.717, 1.165) is 5.92 Å². The first-order chi connectivity index (χ1) is 6.74. The topological polar surface area (TPSA) is 0 Å². The van der Waals surface area contributed by atoms with Crippen molar-refractivity contribution in [2.75, 3.05) is 0 Å². The fourth-order valence-electron chi connectivity index (χ4n) is 2.22. The molecule has 1 rings (SSSR count). The maximum atomic E-state index is 4.01. The molecule has 14 heavy (non-hydrogen) atoms. The third-order valence-electron chi connectivity index (χ3n) is 3.28. The van der Waals surface area contributed by atoms with Crippen LogP contribution >= 0.6 is 0 Å². The van der Waals surface area contributed by atoms with Crippen molar-refractivity contribution in [2.45, 2.75) is 58.8 Å². The summed E-state index contributed by atoms with van der Waals surface area (Å²) in [6, 6.07) is 0. The Morgan fingerprint density at radius 2 is 2.29 bits per heavy atom. The Labute approximate surface area is 89.1 Å². The van der Waals surface area contributed by atoms with Gasteiger partial charge in [0.15, 0.2) is 0 Å². The van der Waals surface area contributed by atoms with Gasteiger partial charge in [-0.05, 0) is 37.7 Å². The Kier molecular flexibility index (Phi) is 5.00. The Bertz CT molecular complexity index is 210. The van der Waals surface area contributed by atoms with Gasteiger partial charge < -0.3 is 0 Å². The lowest BCUT2D eigenvalue weighted by Crippen LogP contribution is -2.06. The first kappa shape index (κ1) is 11.6. The molecule has 1 aliphatic carbocycles. The summed E-state index contributed by atoms with van der Waals surface area (Å²) in [4.78, 5) is 0. The fourth-order valence-corrected chi connectivity index (χ4v) is 2.22. The normalized spacial score (nSPS) is 21.9. The molecule has 0 N–H and O–H groups in total. The van der Waals surface area contributed by atoms with Crippen LogP contribution in [-0.2, 0) is 0 Å². The predicted molar refractivity (Wildman–Crippen MR) is 64.4 cm³/mol. The molecular formula is C14H24. The van der Waals surface area contributed by atoms with E-state index >= 15 is 0 Å². The lowest BCUT2D eigenvalue weighted by molar-refractivity contribution is 0.418. The van der Waals surface area contributed by atoms with Gasteiger partial charge in [-0.3, -0.25) is 0 Å². The van der Waals surface area contributed by atoms with Gasteiger partial charge in [0, 0.05) is 0 Å². The third-order valence-corrected chi connectivity index (χ3v) is 3.28. The van der Waals surface area contributed by atoms with E-state index in [4.69, 9.17) is 0 Å². The van der Waals surface area contributed by atoms with Crippen molar-refractivity contribution < 1.29 is 0 Å². The first-order valence-electron chi connectivity index (χ1n) is 6.09. The second-order valence-electron chi connectivity index (χ2n) is 4.65. The number of hydrogen-bond acceptors (Lipinski definition) is 0. The summed E-state index contributed by atoms with van der Waals surface area (Å²) >= 11 is 0. The number of unbranched alkanes of at least 4 members (excludes halogenated alkanes) is 2. The number of rotatable bonds is 5. The molecule has 0 nitrogen and oxygen atoms in total. The molecule has 1 aliphatic rings. The molecule has 0 amide bonds. The van der Waals surface area contributed by atoms with Crippen LogP contribution in [0, 0.1) is 5.92 Å². The highest BCUT2D eigenvalue weighted by Crippen LogP contribution is 2.30. The lowest BCUT2D eigenvalue weighted by atomic mass is 9.84. The second-order valence-corrected chi connectivity index (χ2v) is 4.65. The van der Waals surface area contributed by atoms with Gasteiger partial charge >= 0.3 is 0 Å². The van der Waals surface area contributed by atoms with Crippen molar-refractivity contribution in [3.8, 4) is 0 Å². The highest BCUT2D eigenvalue weighted by Gasteiger charge is 2.13. The zero-order valence-corrected chi connectivity index (χ0v) is 9.81. The first-order valence-corrected chi connectivity index (χ1v) is 6.09. The van der Waals surface area contributed by atoms with Gasteiger partial charge in [0.2, 0.25) is 0 Å². The van der Waals surface area contributed by atoms with E-state index < -0.39 is 0 Å². The van der Waals surface area contributed by atoms with Crippen LogP contribution in [0.2, 0.25) is 0 Å². The van der Waals surface area contributed by atoms with Crippen molar-refractivity contribution in [3.63, 3.8) is 0 Å². The molecule has 0 saturated carbocycles. The Balaban J connectivity index is 2.24. The largest absolute Gasteiger partial charge is 0.0958 e. The summed E-state index contributed by atoms with van der Waals surface area (Å²) in [5, 5.41) is 0. The summed E-state index contributed by atoms with van der Waals surface area (Å²) in [5.74, 6) is 0.963. The summed E-state index contributed by atoms with van der Waals surface area (Å²) in [6.07, 6.45) is 12.0. The smallest absolute Gasteiger partial charge is 0.0277 e. The van der Waals surface area contributed by atoms with Gasteiger partial charge in [-0.25, -0.2) is 0 Å². The average molecular weight is 192 g/mol. The van der Waals surface area contributed by atoms with Crippen molar-refractivity contribution >= 4 is 0 Å². The van der Waals surface area contributed by atoms with E-state index in [1.165, 1.54) is 56.1 Å². The third kappa shape index (κ3) is 3.69. The summed E-state index contributed by atoms with van der Waals surface area (Å²) in [7, 11) is 0. The molecule has 0 aromatic heterocycles. The van der Waals surface area contributed by atoms with Gasteiger partial charge in [-0.15, -0.1) is 0 Å². The molecule has 0 fully saturated rings. The molecule has 0 spiro atoms. The van der Waals surface area contributed by atoms with Gasteiger partial charge in [-0.2, -0.15) is 0 Å². The molecule has 80 valence electrons. The molecule has 0 aromatic carbocycles. The minimum atomic E-state index is 0.963. The SMILES string of the molecule is C=C(C)C1=CCC(CCCCC)CC1. The van der Waals surface area contributed by atoms with Crippen molar-refractivity contribution in [1.82, 2.24) is 0 Å². The van der Waals surface area contributed by atoms with Crippen LogP contribution in [0.15, 0.2) is 23.8 Å². The molecular weight excluding hydrogens is 168 g/mol. The molecule has 0 heteroatoms. The molecule has 0 heterocycles. The zero-order chi connectivity index (χ0) is 10.4. The molecule has 0 aromatic rings. The van der Waals surface area contributed by atoms with Crippen molar-refractivity contribution in [3.05, 3.63) is 23.8 Å². The van der Waals surface area contributed by atoms with Crippen molar-refractivity contribution in [2.24, 2.45) is 5.92 Å². The lowest BCUT2D eigenvalue weighted by Gasteiger charge is -2.21. The van der Waals surface area contributed by atoms with Crippen LogP contribution in [-0.4, -0.2) is 0 Å². The monoisotopic (exact) mass is 192 g/mol. The van der Waals surface area contributed by atoms with Gasteiger partial charge in [0.05, 0.1) is 0 Å². The molecule has 1 atom stereocenters. The van der Waals surface area contributed by atoms with E-state index in [1.807, 2.05) is 0 Å². The van der Waals surface area contributed by atoms with Crippen LogP contribution in [0.1, 0.15) is 58.8 Å². The Hall–Kier alpha value is -0.520. The second kappa shape index (κ2) is 6.06. The molecule has 0 bridgehead atoms. The molecule has 1 unspecified atom stereocenters. The molecule has 0 saturated heterocycles. The molecule has 0 aliphatic heterocycles. The van der Waals surface area contributed by atoms with Gasteiger partial charge in [0.1, 0.15) is 0 Å². The highest BCUT2D eigenvalue weighted by molar-refractivity contribution is 5.27. The van der Waals surface area contributed by atoms with E-state index in [0.29, 0.717) is 0 Å². The number of allylic oxidation sites excluding steroid dienone is 3. The Morgan fingerprint density at radius 3 is 2.79 bits per heavy atom. The zero-order valence-electron chi connectivity index (χ0n) is 9.81. The van der Waals surface area contributed by atoms with Crippen LogP contribution in [0.25, 0.3) is 0 Å². The standard InChI is InChI=1S/C14H24/c1-4-5-6-7-13-8-10-14(11-9-13)12(2)3/h10,13H,2,4-9,11H2,1,3H3. The predicted octanol–water partition coefficient (Wildman–Crippen LogP) is 4.87. The molecule has 0 radical (unpaired) electrons. The van der Waals surface area contributed by atoms with E-state index in [2.05, 4.69) is 26.5 Å². The van der Waals surface area contributed by atoms with Crippen LogP contribution in [0.5, 0.6) is 0 Å². The minimum absolute atomic E-state index is 0.963. The van der Waals surface area contributed by atoms with E-state index in [9.17, 15) is 0 Å². The maximum Gasteiger partial charge on any atom is -0.0277 e. The van der Waals surface area contributed by atoms with Gasteiger partial charge in [0.25, 0.3) is 0 Å². The maximum absolute atomic E-state index is 4.01. The average Bonchev–Trinajstić information content (AvgIpc) is 2.19. The van der Waals surface area contributed by atoms with Crippen LogP contribution < -0.4 is 0 Å². The summed E-state index contributed by atoms with van der Waals surface area (Å²) in [6.45, 7) is 8.42.